The van der Waals surface area contributed by atoms with E-state index in [2.05, 4.69) is 5.32 Å². The maximum absolute atomic E-state index is 13.3. The van der Waals surface area contributed by atoms with Gasteiger partial charge in [0.1, 0.15) is 4.90 Å². The summed E-state index contributed by atoms with van der Waals surface area (Å²) in [5.74, 6) is 0. The van der Waals surface area contributed by atoms with Crippen molar-refractivity contribution in [3.05, 3.63) is 28.1 Å². The second kappa shape index (κ2) is 6.74. The van der Waals surface area contributed by atoms with Crippen LogP contribution in [0.15, 0.2) is 23.1 Å². The third kappa shape index (κ3) is 3.08. The molecule has 0 amide bonds. The largest absolute Gasteiger partial charge is 0.310 e. The van der Waals surface area contributed by atoms with Crippen LogP contribution in [-0.4, -0.2) is 37.9 Å². The number of hydrogen-bond acceptors (Lipinski definition) is 4. The molecule has 0 radical (unpaired) electrons. The van der Waals surface area contributed by atoms with E-state index in [4.69, 9.17) is 11.6 Å². The number of hydrogen-bond donors (Lipinski definition) is 1. The highest BCUT2D eigenvalue weighted by Crippen LogP contribution is 2.38. The molecule has 0 saturated carbocycles. The Hall–Kier alpha value is -0.370. The zero-order valence-electron chi connectivity index (χ0n) is 13.3. The number of halogens is 2. The van der Waals surface area contributed by atoms with Crippen molar-refractivity contribution in [1.29, 1.82) is 0 Å². The highest BCUT2D eigenvalue weighted by Gasteiger charge is 2.36. The van der Waals surface area contributed by atoms with Gasteiger partial charge >= 0.3 is 0 Å². The Morgan fingerprint density at radius 1 is 1.25 bits per heavy atom. The monoisotopic (exact) mass is 406 g/mol. The summed E-state index contributed by atoms with van der Waals surface area (Å²) in [5.41, 5.74) is 0. The van der Waals surface area contributed by atoms with Crippen molar-refractivity contribution in [1.82, 2.24) is 9.62 Å². The Morgan fingerprint density at radius 3 is 2.79 bits per heavy atom. The van der Waals surface area contributed by atoms with Crippen LogP contribution in [0.25, 0.3) is 10.1 Å². The fraction of sp³-hybridized carbons (Fsp3) is 0.500. The number of aryl methyl sites for hydroxylation is 1. The normalized spacial score (nSPS) is 24.8. The average molecular weight is 407 g/mol. The van der Waals surface area contributed by atoms with Crippen LogP contribution < -0.4 is 5.32 Å². The second-order valence-corrected chi connectivity index (χ2v) is 9.98. The number of benzene rings is 1. The Kier molecular flexibility index (Phi) is 5.17. The van der Waals surface area contributed by atoms with E-state index in [0.717, 1.165) is 34.2 Å². The van der Waals surface area contributed by atoms with Gasteiger partial charge < -0.3 is 5.32 Å². The lowest BCUT2D eigenvalue weighted by Crippen LogP contribution is -2.39. The number of sulfonamides is 1. The van der Waals surface area contributed by atoms with Gasteiger partial charge in [-0.15, -0.1) is 23.7 Å². The van der Waals surface area contributed by atoms with Crippen LogP contribution in [0.3, 0.4) is 0 Å². The van der Waals surface area contributed by atoms with Gasteiger partial charge in [-0.1, -0.05) is 11.6 Å². The molecule has 2 fully saturated rings. The molecule has 2 aliphatic rings. The van der Waals surface area contributed by atoms with Gasteiger partial charge in [0.05, 0.1) is 0 Å². The molecule has 1 aromatic carbocycles. The Bertz CT molecular complexity index is 866. The van der Waals surface area contributed by atoms with Gasteiger partial charge in [-0.05, 0) is 44.4 Å². The molecule has 4 rings (SSSR count). The van der Waals surface area contributed by atoms with Crippen molar-refractivity contribution in [2.75, 3.05) is 13.1 Å². The standard InChI is InChI=1S/C16H19ClN2O2S2.ClH/c1-10-16(14-8-11(17)2-5-15(14)22-10)23(20,21)19-7-6-12-3-4-13(9-19)18-12;/h2,5,8,12-13,18H,3-4,6-7,9H2,1H3;1H. The molecule has 4 nitrogen and oxygen atoms in total. The third-order valence-electron chi connectivity index (χ3n) is 4.85. The predicted molar refractivity (Wildman–Crippen MR) is 102 cm³/mol. The van der Waals surface area contributed by atoms with E-state index in [1.807, 2.05) is 19.1 Å². The Balaban J connectivity index is 0.00000169. The topological polar surface area (TPSA) is 49.4 Å². The summed E-state index contributed by atoms with van der Waals surface area (Å²) in [6, 6.07) is 6.24. The van der Waals surface area contributed by atoms with Crippen LogP contribution in [-0.2, 0) is 10.0 Å². The van der Waals surface area contributed by atoms with Gasteiger partial charge in [0.2, 0.25) is 10.0 Å². The molecule has 2 atom stereocenters. The minimum absolute atomic E-state index is 0. The van der Waals surface area contributed by atoms with E-state index in [1.54, 1.807) is 10.4 Å². The first-order valence-corrected chi connectivity index (χ1v) is 10.5. The predicted octanol–water partition coefficient (Wildman–Crippen LogP) is 3.80. The summed E-state index contributed by atoms with van der Waals surface area (Å²) in [6.07, 6.45) is 3.11. The fourth-order valence-electron chi connectivity index (χ4n) is 3.75. The van der Waals surface area contributed by atoms with Crippen LogP contribution >= 0.6 is 35.3 Å². The fourth-order valence-corrected chi connectivity index (χ4v) is 7.16. The zero-order valence-corrected chi connectivity index (χ0v) is 16.5. The molecule has 2 saturated heterocycles. The molecule has 0 aliphatic carbocycles. The minimum Gasteiger partial charge on any atom is -0.310 e. The molecule has 1 aromatic heterocycles. The van der Waals surface area contributed by atoms with E-state index in [9.17, 15) is 8.42 Å². The Labute approximate surface area is 157 Å². The average Bonchev–Trinajstić information content (AvgIpc) is 2.97. The van der Waals surface area contributed by atoms with Gasteiger partial charge in [-0.3, -0.25) is 0 Å². The molecule has 8 heteroatoms. The third-order valence-corrected chi connectivity index (χ3v) is 8.36. The first kappa shape index (κ1) is 18.4. The molecule has 0 spiro atoms. The molecule has 3 heterocycles. The van der Waals surface area contributed by atoms with E-state index >= 15 is 0 Å². The smallest absolute Gasteiger partial charge is 0.244 e. The number of thiophene rings is 1. The van der Waals surface area contributed by atoms with Crippen LogP contribution in [0, 0.1) is 6.92 Å². The van der Waals surface area contributed by atoms with Crippen LogP contribution in [0.2, 0.25) is 5.02 Å². The Morgan fingerprint density at radius 2 is 2.00 bits per heavy atom. The van der Waals surface area contributed by atoms with Gasteiger partial charge in [-0.25, -0.2) is 8.42 Å². The van der Waals surface area contributed by atoms with E-state index < -0.39 is 10.0 Å². The highest BCUT2D eigenvalue weighted by molar-refractivity contribution is 7.89. The van der Waals surface area contributed by atoms with Crippen molar-refractivity contribution >= 4 is 55.5 Å². The summed E-state index contributed by atoms with van der Waals surface area (Å²) in [4.78, 5) is 1.28. The van der Waals surface area contributed by atoms with Gasteiger partial charge in [0, 0.05) is 45.2 Å². The molecule has 2 unspecified atom stereocenters. The second-order valence-electron chi connectivity index (χ2n) is 6.42. The molecule has 2 aromatic rings. The summed E-state index contributed by atoms with van der Waals surface area (Å²) >= 11 is 7.62. The van der Waals surface area contributed by atoms with Crippen molar-refractivity contribution in [3.63, 3.8) is 0 Å². The van der Waals surface area contributed by atoms with Gasteiger partial charge in [-0.2, -0.15) is 4.31 Å². The van der Waals surface area contributed by atoms with E-state index in [0.29, 0.717) is 29.0 Å². The summed E-state index contributed by atoms with van der Waals surface area (Å²) < 4.78 is 29.2. The van der Waals surface area contributed by atoms with E-state index in [1.165, 1.54) is 11.3 Å². The quantitative estimate of drug-likeness (QED) is 0.824. The van der Waals surface area contributed by atoms with Crippen LogP contribution in [0.5, 0.6) is 0 Å². The molecule has 2 aliphatic heterocycles. The first-order chi connectivity index (χ1) is 10.9. The molecule has 1 N–H and O–H groups in total. The van der Waals surface area contributed by atoms with Crippen molar-refractivity contribution in [2.45, 2.75) is 43.2 Å². The summed E-state index contributed by atoms with van der Waals surface area (Å²) in [7, 11) is -3.49. The maximum atomic E-state index is 13.3. The van der Waals surface area contributed by atoms with Gasteiger partial charge in [0.25, 0.3) is 0 Å². The summed E-state index contributed by atoms with van der Waals surface area (Å²) in [6.45, 7) is 3.04. The molecule has 132 valence electrons. The molecular weight excluding hydrogens is 387 g/mol. The number of rotatable bonds is 2. The first-order valence-electron chi connectivity index (χ1n) is 7.90. The zero-order chi connectivity index (χ0) is 16.2. The van der Waals surface area contributed by atoms with Crippen molar-refractivity contribution in [2.24, 2.45) is 0 Å². The lowest BCUT2D eigenvalue weighted by molar-refractivity contribution is 0.383. The van der Waals surface area contributed by atoms with Crippen molar-refractivity contribution < 1.29 is 8.42 Å². The van der Waals surface area contributed by atoms with Gasteiger partial charge in [0.15, 0.2) is 0 Å². The number of nitrogens with zero attached hydrogens (tertiary/aromatic N) is 1. The molecular formula is C16H20Cl2N2O2S2. The number of fused-ring (bicyclic) bond motifs is 3. The SMILES string of the molecule is Cc1sc2ccc(Cl)cc2c1S(=O)(=O)N1CCC2CCC(C1)N2.Cl. The minimum atomic E-state index is -3.49. The maximum Gasteiger partial charge on any atom is 0.244 e. The highest BCUT2D eigenvalue weighted by atomic mass is 35.5. The van der Waals surface area contributed by atoms with Crippen LogP contribution in [0.1, 0.15) is 24.1 Å². The summed E-state index contributed by atoms with van der Waals surface area (Å²) in [5, 5.41) is 4.86. The lowest BCUT2D eigenvalue weighted by Gasteiger charge is -2.24. The molecule has 24 heavy (non-hydrogen) atoms. The lowest BCUT2D eigenvalue weighted by atomic mass is 10.1. The molecule has 2 bridgehead atoms. The number of nitrogens with one attached hydrogen (secondary N) is 1. The van der Waals surface area contributed by atoms with Crippen molar-refractivity contribution in [3.8, 4) is 0 Å². The van der Waals surface area contributed by atoms with E-state index in [-0.39, 0.29) is 18.4 Å². The van der Waals surface area contributed by atoms with Crippen LogP contribution in [0.4, 0.5) is 0 Å².